The second-order valence-corrected chi connectivity index (χ2v) is 3.80. The minimum Gasteiger partial charge on any atom is -0.273 e. The van der Waals surface area contributed by atoms with Crippen LogP contribution >= 0.6 is 15.9 Å². The highest BCUT2D eigenvalue weighted by molar-refractivity contribution is 9.09. The summed E-state index contributed by atoms with van der Waals surface area (Å²) in [4.78, 5) is 4.45. The van der Waals surface area contributed by atoms with Gasteiger partial charge in [0.1, 0.15) is 4.95 Å². The molecule has 1 atom stereocenters. The predicted octanol–water partition coefficient (Wildman–Crippen LogP) is 3.08. The molecule has 0 radical (unpaired) electrons. The van der Waals surface area contributed by atoms with Crippen molar-refractivity contribution < 1.29 is 0 Å². The van der Waals surface area contributed by atoms with Crippen LogP contribution in [0.1, 0.15) is 28.6 Å². The maximum absolute atomic E-state index is 4.27. The molecule has 0 saturated carbocycles. The Morgan fingerprint density at radius 3 is 3.08 bits per heavy atom. The maximum Gasteiger partial charge on any atom is 0.130 e. The topological polar surface area (TPSA) is 12.4 Å². The van der Waals surface area contributed by atoms with Crippen molar-refractivity contribution in [2.24, 2.45) is 4.99 Å². The molecule has 1 heterocycles. The number of rotatable bonds is 1. The molecule has 1 aliphatic heterocycles. The van der Waals surface area contributed by atoms with Crippen LogP contribution in [0.3, 0.4) is 0 Å². The fourth-order valence-electron chi connectivity index (χ4n) is 1.39. The molecule has 0 bridgehead atoms. The summed E-state index contributed by atoms with van der Waals surface area (Å²) in [6.45, 7) is 2.17. The molecule has 1 aromatic carbocycles. The van der Waals surface area contributed by atoms with Gasteiger partial charge in [0.25, 0.3) is 0 Å². The summed E-state index contributed by atoms with van der Waals surface area (Å²) in [5.41, 5.74) is 3.92. The van der Waals surface area contributed by atoms with E-state index in [-0.39, 0.29) is 4.95 Å². The van der Waals surface area contributed by atoms with E-state index in [1.54, 1.807) is 0 Å². The zero-order chi connectivity index (χ0) is 8.55. The van der Waals surface area contributed by atoms with Crippen molar-refractivity contribution in [1.82, 2.24) is 0 Å². The Morgan fingerprint density at radius 2 is 2.33 bits per heavy atom. The number of aliphatic imine (C=N–C) groups is 1. The Bertz CT molecular complexity index is 331. The van der Waals surface area contributed by atoms with Crippen LogP contribution in [0.15, 0.2) is 23.2 Å². The number of benzene rings is 1. The first kappa shape index (κ1) is 7.99. The van der Waals surface area contributed by atoms with Crippen molar-refractivity contribution in [3.8, 4) is 0 Å². The largest absolute Gasteiger partial charge is 0.273 e. The first-order valence-corrected chi connectivity index (χ1v) is 5.03. The molecule has 0 N–H and O–H groups in total. The fraction of sp³-hybridized carbons (Fsp3) is 0.300. The fourth-order valence-corrected chi connectivity index (χ4v) is 1.91. The second-order valence-electron chi connectivity index (χ2n) is 2.93. The van der Waals surface area contributed by atoms with Gasteiger partial charge in [-0.1, -0.05) is 41.1 Å². The van der Waals surface area contributed by atoms with E-state index < -0.39 is 0 Å². The lowest BCUT2D eigenvalue weighted by Gasteiger charge is -2.03. The van der Waals surface area contributed by atoms with Gasteiger partial charge < -0.3 is 0 Å². The van der Waals surface area contributed by atoms with E-state index in [2.05, 4.69) is 46.0 Å². The van der Waals surface area contributed by atoms with Crippen molar-refractivity contribution in [3.63, 3.8) is 0 Å². The third-order valence-corrected chi connectivity index (χ3v) is 2.89. The molecular weight excluding hydrogens is 214 g/mol. The Kier molecular flexibility index (Phi) is 2.01. The van der Waals surface area contributed by atoms with Gasteiger partial charge >= 0.3 is 0 Å². The quantitative estimate of drug-likeness (QED) is 0.513. The lowest BCUT2D eigenvalue weighted by molar-refractivity contribution is 1.07. The van der Waals surface area contributed by atoms with Crippen molar-refractivity contribution in [2.45, 2.75) is 18.3 Å². The smallest absolute Gasteiger partial charge is 0.130 e. The molecule has 1 aliphatic rings. The van der Waals surface area contributed by atoms with Crippen LogP contribution in [0.5, 0.6) is 0 Å². The van der Waals surface area contributed by atoms with Gasteiger partial charge in [0.05, 0.1) is 0 Å². The van der Waals surface area contributed by atoms with Crippen molar-refractivity contribution in [1.29, 1.82) is 0 Å². The number of fused-ring (bicyclic) bond motifs is 1. The minimum atomic E-state index is 0.180. The summed E-state index contributed by atoms with van der Waals surface area (Å²) in [5, 5.41) is 0. The molecule has 2 rings (SSSR count). The molecule has 0 aliphatic carbocycles. The molecule has 1 nitrogen and oxygen atoms in total. The average Bonchev–Trinajstić information content (AvgIpc) is 2.47. The maximum atomic E-state index is 4.27. The van der Waals surface area contributed by atoms with Crippen molar-refractivity contribution in [3.05, 3.63) is 34.9 Å². The normalized spacial score (nSPS) is 19.7. The third kappa shape index (κ3) is 1.20. The molecule has 2 heteroatoms. The number of hydrogen-bond acceptors (Lipinski definition) is 1. The number of hydrogen-bond donors (Lipinski definition) is 0. The Hall–Kier alpha value is -0.630. The molecule has 0 saturated heterocycles. The number of halogens is 1. The minimum absolute atomic E-state index is 0.180. The molecular formula is C10H10BrN. The van der Waals surface area contributed by atoms with Crippen LogP contribution in [-0.2, 0) is 6.42 Å². The van der Waals surface area contributed by atoms with Crippen LogP contribution in [0.2, 0.25) is 0 Å². The lowest BCUT2D eigenvalue weighted by atomic mass is 10.1. The summed E-state index contributed by atoms with van der Waals surface area (Å²) in [5.74, 6) is 0. The highest BCUT2D eigenvalue weighted by atomic mass is 79.9. The van der Waals surface area contributed by atoms with Gasteiger partial charge in [-0.05, 0) is 23.1 Å². The Morgan fingerprint density at radius 1 is 1.50 bits per heavy atom. The van der Waals surface area contributed by atoms with Crippen LogP contribution in [-0.4, -0.2) is 6.21 Å². The molecule has 12 heavy (non-hydrogen) atoms. The third-order valence-electron chi connectivity index (χ3n) is 2.16. The molecule has 62 valence electrons. The second kappa shape index (κ2) is 3.02. The van der Waals surface area contributed by atoms with Crippen LogP contribution in [0, 0.1) is 0 Å². The van der Waals surface area contributed by atoms with E-state index in [4.69, 9.17) is 0 Å². The van der Waals surface area contributed by atoms with Gasteiger partial charge in [-0.3, -0.25) is 4.99 Å². The van der Waals surface area contributed by atoms with Crippen LogP contribution < -0.4 is 0 Å². The van der Waals surface area contributed by atoms with E-state index in [0.29, 0.717) is 0 Å². The zero-order valence-corrected chi connectivity index (χ0v) is 8.51. The number of aryl methyl sites for hydroxylation is 1. The van der Waals surface area contributed by atoms with Gasteiger partial charge in [-0.15, -0.1) is 0 Å². The van der Waals surface area contributed by atoms with E-state index in [1.807, 2.05) is 6.21 Å². The van der Waals surface area contributed by atoms with Crippen LogP contribution in [0.4, 0.5) is 0 Å². The summed E-state index contributed by atoms with van der Waals surface area (Å²) < 4.78 is 0. The Balaban J connectivity index is 2.48. The van der Waals surface area contributed by atoms with E-state index in [1.165, 1.54) is 16.7 Å². The summed E-state index contributed by atoms with van der Waals surface area (Å²) >= 11 is 3.50. The van der Waals surface area contributed by atoms with Gasteiger partial charge in [-0.25, -0.2) is 0 Å². The predicted molar refractivity (Wildman–Crippen MR) is 55.1 cm³/mol. The molecule has 1 unspecified atom stereocenters. The number of alkyl halides is 1. The van der Waals surface area contributed by atoms with Gasteiger partial charge in [0, 0.05) is 6.21 Å². The summed E-state index contributed by atoms with van der Waals surface area (Å²) in [6.07, 6.45) is 3.02. The van der Waals surface area contributed by atoms with Gasteiger partial charge in [-0.2, -0.15) is 0 Å². The highest BCUT2D eigenvalue weighted by Gasteiger charge is 2.14. The van der Waals surface area contributed by atoms with Gasteiger partial charge in [0.2, 0.25) is 0 Å². The average molecular weight is 224 g/mol. The molecule has 0 aromatic heterocycles. The monoisotopic (exact) mass is 223 g/mol. The SMILES string of the molecule is CCc1ccc2c(c1)C(Br)N=C2. The van der Waals surface area contributed by atoms with Gasteiger partial charge in [0.15, 0.2) is 0 Å². The number of nitrogens with zero attached hydrogens (tertiary/aromatic N) is 1. The standard InChI is InChI=1S/C10H10BrN/c1-2-7-3-4-8-6-12-10(11)9(8)5-7/h3-6,10H,2H2,1H3. The van der Waals surface area contributed by atoms with E-state index in [0.717, 1.165) is 6.42 Å². The molecule has 0 amide bonds. The molecule has 1 aromatic rings. The zero-order valence-electron chi connectivity index (χ0n) is 6.92. The molecule has 0 fully saturated rings. The van der Waals surface area contributed by atoms with E-state index >= 15 is 0 Å². The van der Waals surface area contributed by atoms with E-state index in [9.17, 15) is 0 Å². The first-order chi connectivity index (χ1) is 5.81. The summed E-state index contributed by atoms with van der Waals surface area (Å²) in [7, 11) is 0. The summed E-state index contributed by atoms with van der Waals surface area (Å²) in [6, 6.07) is 6.52. The van der Waals surface area contributed by atoms with Crippen molar-refractivity contribution >= 4 is 22.1 Å². The van der Waals surface area contributed by atoms with Crippen molar-refractivity contribution in [2.75, 3.05) is 0 Å². The first-order valence-electron chi connectivity index (χ1n) is 4.11. The Labute approximate surface area is 80.6 Å². The lowest BCUT2D eigenvalue weighted by Crippen LogP contribution is -1.88. The molecule has 0 spiro atoms. The van der Waals surface area contributed by atoms with Crippen LogP contribution in [0.25, 0.3) is 0 Å². The highest BCUT2D eigenvalue weighted by Crippen LogP contribution is 2.31.